The molecule has 24 heteroatoms. The van der Waals surface area contributed by atoms with Crippen molar-refractivity contribution in [2.45, 2.75) is 76.3 Å². The molecule has 386 valence electrons. The van der Waals surface area contributed by atoms with Crippen molar-refractivity contribution in [1.29, 1.82) is 0 Å². The van der Waals surface area contributed by atoms with Crippen LogP contribution in [0.15, 0.2) is 0 Å². The van der Waals surface area contributed by atoms with Crippen LogP contribution in [-0.4, -0.2) is 222 Å². The van der Waals surface area contributed by atoms with Crippen LogP contribution in [0.5, 0.6) is 0 Å². The van der Waals surface area contributed by atoms with Crippen molar-refractivity contribution in [1.82, 2.24) is 26.6 Å². The van der Waals surface area contributed by atoms with Crippen LogP contribution >= 0.6 is 0 Å². The molecule has 66 heavy (non-hydrogen) atoms. The van der Waals surface area contributed by atoms with Crippen LogP contribution in [0.3, 0.4) is 0 Å². The first-order valence-electron chi connectivity index (χ1n) is 22.8. The third-order valence-corrected chi connectivity index (χ3v) is 8.83. The predicted molar refractivity (Wildman–Crippen MR) is 236 cm³/mol. The van der Waals surface area contributed by atoms with Gasteiger partial charge < -0.3 is 89.3 Å². The summed E-state index contributed by atoms with van der Waals surface area (Å²) >= 11 is 0. The van der Waals surface area contributed by atoms with Gasteiger partial charge in [0.1, 0.15) is 12.1 Å². The first kappa shape index (κ1) is 62.2. The van der Waals surface area contributed by atoms with E-state index in [9.17, 15) is 33.9 Å². The highest BCUT2D eigenvalue weighted by molar-refractivity contribution is 5.86. The van der Waals surface area contributed by atoms with Gasteiger partial charge in [0, 0.05) is 38.9 Å². The number of hydrogen-bond acceptors (Lipinski definition) is 17. The number of carboxylic acid groups (broad SMARTS) is 3. The van der Waals surface area contributed by atoms with Crippen molar-refractivity contribution in [3.05, 3.63) is 0 Å². The van der Waals surface area contributed by atoms with Gasteiger partial charge in [-0.15, -0.1) is 0 Å². The number of amides is 4. The van der Waals surface area contributed by atoms with Crippen molar-refractivity contribution < 1.29 is 91.5 Å². The van der Waals surface area contributed by atoms with Crippen LogP contribution in [0.25, 0.3) is 0 Å². The molecule has 4 amide bonds. The number of nitrogens with one attached hydrogen (secondary N) is 5. The minimum atomic E-state index is -1.52. The maximum Gasteiger partial charge on any atom is 0.326 e. The Kier molecular flexibility index (Phi) is 44.9. The van der Waals surface area contributed by atoms with Gasteiger partial charge in [-0.3, -0.25) is 14.4 Å². The summed E-state index contributed by atoms with van der Waals surface area (Å²) in [6.45, 7) is 11.2. The second kappa shape index (κ2) is 47.7. The summed E-state index contributed by atoms with van der Waals surface area (Å²) in [5, 5.41) is 39.9. The smallest absolute Gasteiger partial charge is 0.326 e. The maximum atomic E-state index is 12.2. The number of rotatable bonds is 51. The fourth-order valence-electron chi connectivity index (χ4n) is 5.28. The Balaban J connectivity index is 3.46. The first-order valence-corrected chi connectivity index (χ1v) is 22.8. The highest BCUT2D eigenvalue weighted by Crippen LogP contribution is 2.06. The fraction of sp³-hybridized carbons (Fsp3) is 0.857. The Hall–Kier alpha value is -3.82. The van der Waals surface area contributed by atoms with Crippen molar-refractivity contribution in [3.63, 3.8) is 0 Å². The molecule has 0 aliphatic rings. The van der Waals surface area contributed by atoms with E-state index in [0.29, 0.717) is 158 Å². The zero-order valence-electron chi connectivity index (χ0n) is 38.9. The standard InChI is InChI=1S/C42H79N5O19/c1-43-13-15-57-17-19-59-21-23-61-25-27-63-29-31-65-33-34-66-32-30-64-28-26-62-24-22-60-20-18-58-16-14-45-37(48)7-5-3-2-4-6-12-44-38(49)10-8-35(40(52)53)46-42(56)47-36(41(54)55)9-11-39(50)51/h35-36,43H,2-34H2,1H3,(H,44,49)(H,45,48)(H,50,51)(H,52,53)(H,54,55)(H2,46,47,56). The van der Waals surface area contributed by atoms with E-state index in [2.05, 4.69) is 21.3 Å². The second-order valence-corrected chi connectivity index (χ2v) is 14.3. The van der Waals surface area contributed by atoms with E-state index in [1.165, 1.54) is 0 Å². The minimum Gasteiger partial charge on any atom is -0.481 e. The van der Waals surface area contributed by atoms with Gasteiger partial charge in [-0.1, -0.05) is 19.3 Å². The number of aliphatic carboxylic acids is 3. The molecule has 0 aromatic carbocycles. The zero-order chi connectivity index (χ0) is 48.6. The van der Waals surface area contributed by atoms with Crippen molar-refractivity contribution in [2.75, 3.05) is 159 Å². The number of ether oxygens (including phenoxy) is 10. The van der Waals surface area contributed by atoms with E-state index >= 15 is 0 Å². The van der Waals surface area contributed by atoms with Gasteiger partial charge in [-0.25, -0.2) is 14.4 Å². The van der Waals surface area contributed by atoms with Crippen LogP contribution in [0.4, 0.5) is 4.79 Å². The first-order chi connectivity index (χ1) is 32.1. The Labute approximate surface area is 388 Å². The van der Waals surface area contributed by atoms with Gasteiger partial charge in [-0.2, -0.15) is 0 Å². The molecule has 0 heterocycles. The summed E-state index contributed by atoms with van der Waals surface area (Å²) in [5.74, 6) is -4.59. The summed E-state index contributed by atoms with van der Waals surface area (Å²) in [6.07, 6.45) is 3.01. The van der Waals surface area contributed by atoms with E-state index in [1.807, 2.05) is 12.4 Å². The number of hydrogen-bond donors (Lipinski definition) is 8. The molecule has 2 unspecified atom stereocenters. The predicted octanol–water partition coefficient (Wildman–Crippen LogP) is -0.205. The van der Waals surface area contributed by atoms with Gasteiger partial charge >= 0.3 is 23.9 Å². The molecule has 0 fully saturated rings. The number of likely N-dealkylation sites (N-methyl/N-ethyl adjacent to an activating group) is 1. The fourth-order valence-corrected chi connectivity index (χ4v) is 5.28. The largest absolute Gasteiger partial charge is 0.481 e. The van der Waals surface area contributed by atoms with Crippen LogP contribution in [0.2, 0.25) is 0 Å². The highest BCUT2D eigenvalue weighted by Gasteiger charge is 2.25. The molecule has 0 aliphatic carbocycles. The lowest BCUT2D eigenvalue weighted by atomic mass is 10.1. The van der Waals surface area contributed by atoms with Crippen LogP contribution in [0, 0.1) is 0 Å². The van der Waals surface area contributed by atoms with Gasteiger partial charge in [-0.05, 0) is 32.7 Å². The second-order valence-electron chi connectivity index (χ2n) is 14.3. The van der Waals surface area contributed by atoms with Crippen LogP contribution in [-0.2, 0) is 71.3 Å². The topological polar surface area (TPSA) is 316 Å². The number of carbonyl (C=O) groups excluding carboxylic acids is 3. The Bertz CT molecular complexity index is 1220. The molecule has 0 spiro atoms. The molecule has 24 nitrogen and oxygen atoms in total. The molecule has 0 radical (unpaired) electrons. The number of carbonyl (C=O) groups is 6. The minimum absolute atomic E-state index is 0.0557. The lowest BCUT2D eigenvalue weighted by molar-refractivity contribution is -0.141. The summed E-state index contributed by atoms with van der Waals surface area (Å²) in [5.41, 5.74) is 0. The van der Waals surface area contributed by atoms with Gasteiger partial charge in [0.25, 0.3) is 0 Å². The quantitative estimate of drug-likeness (QED) is 0.0366. The lowest BCUT2D eigenvalue weighted by Gasteiger charge is -2.18. The number of urea groups is 1. The molecule has 2 atom stereocenters. The lowest BCUT2D eigenvalue weighted by Crippen LogP contribution is -2.51. The van der Waals surface area contributed by atoms with Gasteiger partial charge in [0.05, 0.1) is 132 Å². The molecule has 0 bridgehead atoms. The van der Waals surface area contributed by atoms with E-state index in [0.717, 1.165) is 32.2 Å². The summed E-state index contributed by atoms with van der Waals surface area (Å²) in [7, 11) is 1.88. The summed E-state index contributed by atoms with van der Waals surface area (Å²) in [4.78, 5) is 69.8. The third kappa shape index (κ3) is 45.3. The molecular weight excluding hydrogens is 878 g/mol. The monoisotopic (exact) mass is 958 g/mol. The Morgan fingerprint density at radius 3 is 1.08 bits per heavy atom. The summed E-state index contributed by atoms with van der Waals surface area (Å²) in [6, 6.07) is -4.09. The Morgan fingerprint density at radius 2 is 0.697 bits per heavy atom. The van der Waals surface area contributed by atoms with E-state index in [1.54, 1.807) is 0 Å². The third-order valence-electron chi connectivity index (χ3n) is 8.83. The molecule has 0 aliphatic heterocycles. The molecule has 0 aromatic rings. The van der Waals surface area contributed by atoms with Crippen molar-refractivity contribution in [3.8, 4) is 0 Å². The zero-order valence-corrected chi connectivity index (χ0v) is 38.9. The molecule has 0 rings (SSSR count). The van der Waals surface area contributed by atoms with E-state index < -0.39 is 48.4 Å². The van der Waals surface area contributed by atoms with Crippen molar-refractivity contribution >= 4 is 35.8 Å². The van der Waals surface area contributed by atoms with Crippen LogP contribution in [0.1, 0.15) is 64.2 Å². The number of unbranched alkanes of at least 4 members (excludes halogenated alkanes) is 4. The van der Waals surface area contributed by atoms with Crippen molar-refractivity contribution in [2.24, 2.45) is 0 Å². The van der Waals surface area contributed by atoms with E-state index in [4.69, 9.17) is 57.6 Å². The molecule has 0 aromatic heterocycles. The molecule has 0 saturated carbocycles. The van der Waals surface area contributed by atoms with Crippen LogP contribution < -0.4 is 26.6 Å². The highest BCUT2D eigenvalue weighted by atomic mass is 16.6. The number of carboxylic acids is 3. The average Bonchev–Trinajstić information content (AvgIpc) is 3.28. The van der Waals surface area contributed by atoms with E-state index in [-0.39, 0.29) is 25.2 Å². The maximum absolute atomic E-state index is 12.2. The van der Waals surface area contributed by atoms with Gasteiger partial charge in [0.2, 0.25) is 11.8 Å². The molecule has 8 N–H and O–H groups in total. The SMILES string of the molecule is CNCCOCCOCCOCCOCCOCCOCCOCCOCCOCCOCCNC(=O)CCCCCCCNC(=O)CCC(NC(=O)NC(CCC(=O)O)C(=O)O)C(=O)O. The summed E-state index contributed by atoms with van der Waals surface area (Å²) < 4.78 is 54.6. The Morgan fingerprint density at radius 1 is 0.379 bits per heavy atom. The normalized spacial score (nSPS) is 12.1. The average molecular weight is 958 g/mol. The van der Waals surface area contributed by atoms with Gasteiger partial charge in [0.15, 0.2) is 0 Å². The molecular formula is C42H79N5O19. The molecule has 0 saturated heterocycles.